The number of alkyl halides is 3. The van der Waals surface area contributed by atoms with Gasteiger partial charge in [-0.15, -0.1) is 0 Å². The van der Waals surface area contributed by atoms with Crippen LogP contribution in [0.5, 0.6) is 0 Å². The molecule has 0 radical (unpaired) electrons. The number of halogens is 4. The van der Waals surface area contributed by atoms with E-state index >= 15 is 0 Å². The van der Waals surface area contributed by atoms with Crippen molar-refractivity contribution in [2.24, 2.45) is 0 Å². The highest BCUT2D eigenvalue weighted by atomic mass is 19.4. The van der Waals surface area contributed by atoms with Crippen molar-refractivity contribution in [1.82, 2.24) is 0 Å². The van der Waals surface area contributed by atoms with Gasteiger partial charge in [-0.3, -0.25) is 4.79 Å². The Morgan fingerprint density at radius 3 is 2.46 bits per heavy atom. The van der Waals surface area contributed by atoms with Crippen LogP contribution in [0.3, 0.4) is 0 Å². The van der Waals surface area contributed by atoms with Crippen molar-refractivity contribution in [2.45, 2.75) is 13.1 Å². The maximum atomic E-state index is 14.2. The van der Waals surface area contributed by atoms with E-state index in [1.807, 2.05) is 13.0 Å². The molecule has 1 aromatic heterocycles. The van der Waals surface area contributed by atoms with E-state index < -0.39 is 40.5 Å². The molecule has 0 aliphatic heterocycles. The Bertz CT molecular complexity index is 960. The summed E-state index contributed by atoms with van der Waals surface area (Å²) >= 11 is 0. The minimum Gasteiger partial charge on any atom is -0.448 e. The van der Waals surface area contributed by atoms with Crippen molar-refractivity contribution < 1.29 is 26.8 Å². The van der Waals surface area contributed by atoms with Gasteiger partial charge in [-0.1, -0.05) is 30.3 Å². The molecule has 3 rings (SSSR count). The molecule has 7 heteroatoms. The molecular formula is C19H13F4NO2. The van der Waals surface area contributed by atoms with Crippen LogP contribution in [0.1, 0.15) is 21.7 Å². The Morgan fingerprint density at radius 1 is 1.04 bits per heavy atom. The average Bonchev–Trinajstić information content (AvgIpc) is 2.96. The second-order valence-corrected chi connectivity index (χ2v) is 5.65. The van der Waals surface area contributed by atoms with Gasteiger partial charge in [0.25, 0.3) is 5.91 Å². The van der Waals surface area contributed by atoms with Gasteiger partial charge in [0.2, 0.25) is 0 Å². The lowest BCUT2D eigenvalue weighted by atomic mass is 10.0. The summed E-state index contributed by atoms with van der Waals surface area (Å²) in [7, 11) is 0. The van der Waals surface area contributed by atoms with E-state index in [4.69, 9.17) is 4.42 Å². The fourth-order valence-electron chi connectivity index (χ4n) is 2.51. The van der Waals surface area contributed by atoms with Crippen LogP contribution in [-0.2, 0) is 6.18 Å². The van der Waals surface area contributed by atoms with Crippen LogP contribution in [0.2, 0.25) is 0 Å². The highest BCUT2D eigenvalue weighted by Gasteiger charge is 2.35. The number of furan rings is 1. The SMILES string of the molecule is Cc1cccc(NC(=O)c2cc(F)c(-c3ccccc3C(F)(F)F)o2)c1. The third kappa shape index (κ3) is 3.61. The quantitative estimate of drug-likeness (QED) is 0.610. The Balaban J connectivity index is 1.94. The third-order valence-electron chi connectivity index (χ3n) is 3.66. The molecule has 0 atom stereocenters. The van der Waals surface area contributed by atoms with Crippen molar-refractivity contribution in [3.8, 4) is 11.3 Å². The van der Waals surface area contributed by atoms with Gasteiger partial charge in [-0.05, 0) is 30.7 Å². The van der Waals surface area contributed by atoms with Gasteiger partial charge in [-0.2, -0.15) is 13.2 Å². The van der Waals surface area contributed by atoms with Crippen molar-refractivity contribution in [3.63, 3.8) is 0 Å². The van der Waals surface area contributed by atoms with Crippen LogP contribution in [0.4, 0.5) is 23.2 Å². The van der Waals surface area contributed by atoms with E-state index in [-0.39, 0.29) is 0 Å². The predicted molar refractivity (Wildman–Crippen MR) is 88.2 cm³/mol. The van der Waals surface area contributed by atoms with Crippen molar-refractivity contribution >= 4 is 11.6 Å². The lowest BCUT2D eigenvalue weighted by molar-refractivity contribution is -0.137. The molecule has 1 N–H and O–H groups in total. The van der Waals surface area contributed by atoms with Gasteiger partial charge in [0.1, 0.15) is 0 Å². The number of benzene rings is 2. The number of rotatable bonds is 3. The lowest BCUT2D eigenvalue weighted by Gasteiger charge is -2.10. The fraction of sp³-hybridized carbons (Fsp3) is 0.105. The molecule has 26 heavy (non-hydrogen) atoms. The highest BCUT2D eigenvalue weighted by Crippen LogP contribution is 2.38. The van der Waals surface area contributed by atoms with Crippen LogP contribution >= 0.6 is 0 Å². The lowest BCUT2D eigenvalue weighted by Crippen LogP contribution is -2.10. The van der Waals surface area contributed by atoms with Crippen LogP contribution < -0.4 is 5.32 Å². The molecule has 0 unspecified atom stereocenters. The predicted octanol–water partition coefficient (Wildman–Crippen LogP) is 5.67. The molecule has 0 fully saturated rings. The van der Waals surface area contributed by atoms with E-state index in [0.29, 0.717) is 5.69 Å². The molecule has 1 amide bonds. The standard InChI is InChI=1S/C19H13F4NO2/c1-11-5-4-6-12(9-11)24-18(25)16-10-15(20)17(26-16)13-7-2-3-8-14(13)19(21,22)23/h2-10H,1H3,(H,24,25). The van der Waals surface area contributed by atoms with E-state index in [9.17, 15) is 22.4 Å². The second-order valence-electron chi connectivity index (χ2n) is 5.65. The molecule has 0 saturated heterocycles. The molecule has 0 aliphatic carbocycles. The molecule has 0 bridgehead atoms. The molecule has 3 aromatic rings. The van der Waals surface area contributed by atoms with Gasteiger partial charge in [0.15, 0.2) is 17.3 Å². The zero-order chi connectivity index (χ0) is 18.9. The largest absolute Gasteiger partial charge is 0.448 e. The number of aryl methyl sites for hydroxylation is 1. The molecule has 2 aromatic carbocycles. The van der Waals surface area contributed by atoms with Gasteiger partial charge in [0, 0.05) is 17.3 Å². The Kier molecular flexibility index (Phi) is 4.54. The van der Waals surface area contributed by atoms with Gasteiger partial charge >= 0.3 is 6.18 Å². The van der Waals surface area contributed by atoms with Crippen molar-refractivity contribution in [3.05, 3.63) is 77.3 Å². The van der Waals surface area contributed by atoms with Gasteiger partial charge in [-0.25, -0.2) is 4.39 Å². The van der Waals surface area contributed by atoms with Crippen LogP contribution in [0.15, 0.2) is 59.0 Å². The Labute approximate surface area is 146 Å². The fourth-order valence-corrected chi connectivity index (χ4v) is 2.51. The summed E-state index contributed by atoms with van der Waals surface area (Å²) < 4.78 is 58.6. The first-order valence-corrected chi connectivity index (χ1v) is 7.59. The van der Waals surface area contributed by atoms with Crippen LogP contribution in [0.25, 0.3) is 11.3 Å². The normalized spacial score (nSPS) is 11.4. The third-order valence-corrected chi connectivity index (χ3v) is 3.66. The monoisotopic (exact) mass is 363 g/mol. The molecular weight excluding hydrogens is 350 g/mol. The first-order valence-electron chi connectivity index (χ1n) is 7.59. The maximum Gasteiger partial charge on any atom is 0.417 e. The summed E-state index contributed by atoms with van der Waals surface area (Å²) in [6, 6.07) is 12.1. The van der Waals surface area contributed by atoms with Crippen LogP contribution in [0, 0.1) is 12.7 Å². The number of nitrogens with one attached hydrogen (secondary N) is 1. The molecule has 1 heterocycles. The number of carbonyl (C=O) groups excluding carboxylic acids is 1. The van der Waals surface area contributed by atoms with Gasteiger partial charge < -0.3 is 9.73 Å². The number of amides is 1. The second kappa shape index (κ2) is 6.67. The van der Waals surface area contributed by atoms with Crippen molar-refractivity contribution in [2.75, 3.05) is 5.32 Å². The first-order chi connectivity index (χ1) is 12.3. The summed E-state index contributed by atoms with van der Waals surface area (Å²) in [5.41, 5.74) is -0.150. The van der Waals surface area contributed by atoms with E-state index in [0.717, 1.165) is 23.8 Å². The molecule has 0 saturated carbocycles. The topological polar surface area (TPSA) is 42.2 Å². The Morgan fingerprint density at radius 2 is 1.77 bits per heavy atom. The smallest absolute Gasteiger partial charge is 0.417 e. The number of hydrogen-bond acceptors (Lipinski definition) is 2. The summed E-state index contributed by atoms with van der Waals surface area (Å²) in [6.07, 6.45) is -4.68. The minimum absolute atomic E-state index is 0.420. The number of carbonyl (C=O) groups is 1. The van der Waals surface area contributed by atoms with Gasteiger partial charge in [0.05, 0.1) is 5.56 Å². The van der Waals surface area contributed by atoms with E-state index in [1.54, 1.807) is 18.2 Å². The zero-order valence-electron chi connectivity index (χ0n) is 13.5. The van der Waals surface area contributed by atoms with Crippen molar-refractivity contribution in [1.29, 1.82) is 0 Å². The van der Waals surface area contributed by atoms with E-state index in [1.165, 1.54) is 12.1 Å². The highest BCUT2D eigenvalue weighted by molar-refractivity contribution is 6.02. The molecule has 134 valence electrons. The maximum absolute atomic E-state index is 14.2. The van der Waals surface area contributed by atoms with E-state index in [2.05, 4.69) is 5.32 Å². The zero-order valence-corrected chi connectivity index (χ0v) is 13.5. The van der Waals surface area contributed by atoms with Crippen LogP contribution in [-0.4, -0.2) is 5.91 Å². The summed E-state index contributed by atoms with van der Waals surface area (Å²) in [5.74, 6) is -2.86. The summed E-state index contributed by atoms with van der Waals surface area (Å²) in [4.78, 5) is 12.2. The summed E-state index contributed by atoms with van der Waals surface area (Å²) in [6.45, 7) is 1.83. The average molecular weight is 363 g/mol. The molecule has 0 aliphatic rings. The Hall–Kier alpha value is -3.09. The number of anilines is 1. The summed E-state index contributed by atoms with van der Waals surface area (Å²) in [5, 5.41) is 2.51. The first kappa shape index (κ1) is 17.7. The molecule has 3 nitrogen and oxygen atoms in total. The molecule has 0 spiro atoms. The number of hydrogen-bond donors (Lipinski definition) is 1. The minimum atomic E-state index is -4.68.